The number of nitrogens with zero attached hydrogens (tertiary/aromatic N) is 2. The van der Waals surface area contributed by atoms with Gasteiger partial charge in [-0.2, -0.15) is 12.6 Å². The van der Waals surface area contributed by atoms with Crippen LogP contribution >= 0.6 is 12.6 Å². The van der Waals surface area contributed by atoms with E-state index in [0.717, 1.165) is 28.8 Å². The van der Waals surface area contributed by atoms with Gasteiger partial charge in [0.2, 0.25) is 5.91 Å². The molecule has 7 nitrogen and oxygen atoms in total. The maximum absolute atomic E-state index is 12.9. The fraction of sp³-hybridized carbons (Fsp3) is 0.192. The minimum Gasteiger partial charge on any atom is -0.457 e. The second-order valence-corrected chi connectivity index (χ2v) is 8.52. The highest BCUT2D eigenvalue weighted by Crippen LogP contribution is 2.35. The predicted molar refractivity (Wildman–Crippen MR) is 135 cm³/mol. The van der Waals surface area contributed by atoms with Crippen molar-refractivity contribution < 1.29 is 14.3 Å². The second-order valence-electron chi connectivity index (χ2n) is 8.22. The Morgan fingerprint density at radius 2 is 1.97 bits per heavy atom. The van der Waals surface area contributed by atoms with E-state index in [2.05, 4.69) is 28.2 Å². The fourth-order valence-electron chi connectivity index (χ4n) is 4.37. The van der Waals surface area contributed by atoms with Gasteiger partial charge in [0.1, 0.15) is 17.3 Å². The molecule has 0 unspecified atom stereocenters. The maximum atomic E-state index is 12.9. The van der Waals surface area contributed by atoms with Crippen LogP contribution in [0.5, 0.6) is 11.5 Å². The number of para-hydroxylation sites is 1. The molecule has 3 amide bonds. The second kappa shape index (κ2) is 9.61. The summed E-state index contributed by atoms with van der Waals surface area (Å²) < 4.78 is 6.29. The summed E-state index contributed by atoms with van der Waals surface area (Å²) in [6.07, 6.45) is 5.28. The highest BCUT2D eigenvalue weighted by atomic mass is 32.1. The number of carbonyl (C=O) groups excluding carboxylic acids is 2. The largest absolute Gasteiger partial charge is 0.457 e. The Kier molecular flexibility index (Phi) is 6.22. The Morgan fingerprint density at radius 3 is 2.79 bits per heavy atom. The van der Waals surface area contributed by atoms with E-state index < -0.39 is 0 Å². The van der Waals surface area contributed by atoms with Crippen molar-refractivity contribution >= 4 is 42.1 Å². The minimum atomic E-state index is -0.131. The monoisotopic (exact) mass is 472 g/mol. The van der Waals surface area contributed by atoms with E-state index >= 15 is 0 Å². The molecule has 0 aliphatic carbocycles. The molecule has 0 fully saturated rings. The third-order valence-corrected chi connectivity index (χ3v) is 6.16. The lowest BCUT2D eigenvalue weighted by Gasteiger charge is -2.30. The van der Waals surface area contributed by atoms with Gasteiger partial charge in [-0.1, -0.05) is 18.2 Å². The van der Waals surface area contributed by atoms with Crippen molar-refractivity contribution in [1.82, 2.24) is 9.88 Å². The number of carbonyl (C=O) groups is 2. The molecule has 0 saturated heterocycles. The number of benzene rings is 2. The van der Waals surface area contributed by atoms with Crippen molar-refractivity contribution in [3.63, 3.8) is 0 Å². The summed E-state index contributed by atoms with van der Waals surface area (Å²) in [6, 6.07) is 15.1. The molecule has 2 aliphatic heterocycles. The van der Waals surface area contributed by atoms with Crippen molar-refractivity contribution in [3.8, 4) is 11.5 Å². The first kappa shape index (κ1) is 22.0. The quantitative estimate of drug-likeness (QED) is 0.453. The molecular weight excluding hydrogens is 448 g/mol. The Hall–Kier alpha value is -3.78. The molecule has 0 bridgehead atoms. The van der Waals surface area contributed by atoms with Crippen molar-refractivity contribution in [2.75, 3.05) is 17.2 Å². The van der Waals surface area contributed by atoms with Gasteiger partial charge in [-0.25, -0.2) is 9.78 Å². The predicted octanol–water partition coefficient (Wildman–Crippen LogP) is 5.25. The van der Waals surface area contributed by atoms with Crippen LogP contribution in [0.2, 0.25) is 0 Å². The standard InChI is InChI=1S/C26H24N4O3S/c31-24-7-6-22-23(8-11-27-25(22)29-24)33-20-14-17(10-13-34)21-9-12-30(16-18(21)15-20)26(32)28-19-4-2-1-3-5-19/h1-5,8,10-11,13-15,34H,6-7,9,12,16H2,(H,28,32)(H,27,29,31)/b13-10-. The molecule has 8 heteroatoms. The third-order valence-electron chi connectivity index (χ3n) is 6.01. The molecule has 2 aromatic carbocycles. The van der Waals surface area contributed by atoms with E-state index in [1.807, 2.05) is 54.6 Å². The number of thiol groups is 1. The van der Waals surface area contributed by atoms with E-state index in [1.165, 1.54) is 5.56 Å². The number of hydrogen-bond acceptors (Lipinski definition) is 5. The smallest absolute Gasteiger partial charge is 0.322 e. The molecule has 1 aromatic heterocycles. The van der Waals surface area contributed by atoms with E-state index in [1.54, 1.807) is 16.5 Å². The number of hydrogen-bond donors (Lipinski definition) is 3. The lowest BCUT2D eigenvalue weighted by Crippen LogP contribution is -2.39. The average molecular weight is 473 g/mol. The van der Waals surface area contributed by atoms with Crippen molar-refractivity contribution in [2.24, 2.45) is 0 Å². The van der Waals surface area contributed by atoms with Gasteiger partial charge < -0.3 is 20.3 Å². The van der Waals surface area contributed by atoms with Crippen LogP contribution in [0.1, 0.15) is 28.7 Å². The Morgan fingerprint density at radius 1 is 1.12 bits per heavy atom. The topological polar surface area (TPSA) is 83.6 Å². The number of urea groups is 1. The van der Waals surface area contributed by atoms with Gasteiger partial charge in [-0.05, 0) is 71.3 Å². The van der Waals surface area contributed by atoms with Crippen LogP contribution in [0, 0.1) is 0 Å². The van der Waals surface area contributed by atoms with Gasteiger partial charge in [0.25, 0.3) is 0 Å². The number of fused-ring (bicyclic) bond motifs is 2. The zero-order chi connectivity index (χ0) is 23.5. The molecule has 172 valence electrons. The van der Waals surface area contributed by atoms with Gasteiger partial charge in [0, 0.05) is 37.0 Å². The van der Waals surface area contributed by atoms with Crippen molar-refractivity contribution in [2.45, 2.75) is 25.8 Å². The third kappa shape index (κ3) is 4.63. The molecule has 34 heavy (non-hydrogen) atoms. The van der Waals surface area contributed by atoms with Crippen LogP contribution in [-0.2, 0) is 24.2 Å². The van der Waals surface area contributed by atoms with Crippen LogP contribution in [0.4, 0.5) is 16.3 Å². The van der Waals surface area contributed by atoms with Gasteiger partial charge in [0.05, 0.1) is 0 Å². The molecule has 5 rings (SSSR count). The molecule has 2 N–H and O–H groups in total. The lowest BCUT2D eigenvalue weighted by molar-refractivity contribution is -0.116. The molecule has 0 atom stereocenters. The number of ether oxygens (including phenoxy) is 1. The molecule has 0 spiro atoms. The summed E-state index contributed by atoms with van der Waals surface area (Å²) in [5.41, 5.74) is 4.88. The van der Waals surface area contributed by atoms with Crippen LogP contribution in [0.3, 0.4) is 0 Å². The van der Waals surface area contributed by atoms with Gasteiger partial charge >= 0.3 is 6.03 Å². The number of anilines is 2. The molecule has 0 radical (unpaired) electrons. The Balaban J connectivity index is 1.41. The van der Waals surface area contributed by atoms with Gasteiger partial charge in [-0.15, -0.1) is 0 Å². The Bertz CT molecular complexity index is 1280. The number of pyridine rings is 1. The first-order valence-corrected chi connectivity index (χ1v) is 11.7. The summed E-state index contributed by atoms with van der Waals surface area (Å²) in [4.78, 5) is 30.7. The van der Waals surface area contributed by atoms with E-state index in [0.29, 0.717) is 43.2 Å². The molecule has 0 saturated carbocycles. The highest BCUT2D eigenvalue weighted by molar-refractivity contribution is 7.83. The molecule has 3 heterocycles. The molecule has 3 aromatic rings. The summed E-state index contributed by atoms with van der Waals surface area (Å²) in [7, 11) is 0. The van der Waals surface area contributed by atoms with Crippen molar-refractivity contribution in [3.05, 3.63) is 82.4 Å². The van der Waals surface area contributed by atoms with Crippen LogP contribution < -0.4 is 15.4 Å². The number of rotatable bonds is 4. The van der Waals surface area contributed by atoms with E-state index in [9.17, 15) is 9.59 Å². The maximum Gasteiger partial charge on any atom is 0.322 e. The first-order chi connectivity index (χ1) is 16.6. The highest BCUT2D eigenvalue weighted by Gasteiger charge is 2.24. The summed E-state index contributed by atoms with van der Waals surface area (Å²) in [5, 5.41) is 7.47. The fourth-order valence-corrected chi connectivity index (χ4v) is 4.53. The number of amides is 3. The average Bonchev–Trinajstić information content (AvgIpc) is 2.84. The van der Waals surface area contributed by atoms with Crippen LogP contribution in [0.25, 0.3) is 6.08 Å². The van der Waals surface area contributed by atoms with E-state index in [4.69, 9.17) is 4.74 Å². The summed E-state index contributed by atoms with van der Waals surface area (Å²) in [5.74, 6) is 1.84. The van der Waals surface area contributed by atoms with E-state index in [-0.39, 0.29) is 11.9 Å². The van der Waals surface area contributed by atoms with Gasteiger partial charge in [-0.3, -0.25) is 4.79 Å². The normalized spacial score (nSPS) is 14.9. The first-order valence-electron chi connectivity index (χ1n) is 11.1. The minimum absolute atomic E-state index is 0.0407. The van der Waals surface area contributed by atoms with Crippen LogP contribution in [-0.4, -0.2) is 28.4 Å². The number of nitrogens with one attached hydrogen (secondary N) is 2. The van der Waals surface area contributed by atoms with Crippen molar-refractivity contribution in [1.29, 1.82) is 0 Å². The number of aromatic nitrogens is 1. The molecule has 2 aliphatic rings. The van der Waals surface area contributed by atoms with Crippen LogP contribution in [0.15, 0.2) is 60.1 Å². The zero-order valence-electron chi connectivity index (χ0n) is 18.5. The molecular formula is C26H24N4O3S. The van der Waals surface area contributed by atoms with Gasteiger partial charge in [0.15, 0.2) is 0 Å². The SMILES string of the molecule is O=C1CCc2c(Oc3cc(/C=C\S)c4c(c3)CN(C(=O)Nc3ccccc3)CC4)ccnc2N1. The Labute approximate surface area is 203 Å². The summed E-state index contributed by atoms with van der Waals surface area (Å²) in [6.45, 7) is 1.10. The lowest BCUT2D eigenvalue weighted by atomic mass is 9.94. The summed E-state index contributed by atoms with van der Waals surface area (Å²) >= 11 is 4.27. The zero-order valence-corrected chi connectivity index (χ0v) is 19.3.